The smallest absolute Gasteiger partial charge is 0.154 e. The maximum Gasteiger partial charge on any atom is 0.154 e. The summed E-state index contributed by atoms with van der Waals surface area (Å²) in [5.41, 5.74) is 2.01. The zero-order chi connectivity index (χ0) is 12.4. The second kappa shape index (κ2) is 5.45. The van der Waals surface area contributed by atoms with E-state index >= 15 is 0 Å². The quantitative estimate of drug-likeness (QED) is 0.808. The maximum absolute atomic E-state index is 6.15. The molecule has 0 aromatic carbocycles. The van der Waals surface area contributed by atoms with Gasteiger partial charge in [-0.2, -0.15) is 0 Å². The van der Waals surface area contributed by atoms with E-state index in [9.17, 15) is 0 Å². The Kier molecular flexibility index (Phi) is 4.16. The minimum Gasteiger partial charge on any atom is -0.379 e. The molecule has 1 aliphatic rings. The van der Waals surface area contributed by atoms with E-state index in [1.165, 1.54) is 25.7 Å². The van der Waals surface area contributed by atoms with Crippen LogP contribution in [0.15, 0.2) is 6.07 Å². The fourth-order valence-electron chi connectivity index (χ4n) is 2.67. The molecular formula is C13H18Cl2N2. The lowest BCUT2D eigenvalue weighted by atomic mass is 10.0. The van der Waals surface area contributed by atoms with Gasteiger partial charge in [0, 0.05) is 6.04 Å². The molecule has 0 saturated heterocycles. The molecule has 1 aromatic heterocycles. The van der Waals surface area contributed by atoms with Crippen LogP contribution in [-0.4, -0.2) is 11.0 Å². The van der Waals surface area contributed by atoms with E-state index in [1.807, 2.05) is 13.0 Å². The highest BCUT2D eigenvalue weighted by atomic mass is 35.5. The summed E-state index contributed by atoms with van der Waals surface area (Å²) in [6.07, 6.45) is 5.05. The highest BCUT2D eigenvalue weighted by Gasteiger charge is 2.26. The second-order valence-corrected chi connectivity index (χ2v) is 5.52. The van der Waals surface area contributed by atoms with Gasteiger partial charge in [0.25, 0.3) is 0 Å². The van der Waals surface area contributed by atoms with Crippen LogP contribution in [-0.2, 0) is 0 Å². The lowest BCUT2D eigenvalue weighted by molar-refractivity contribution is 0.489. The SMILES string of the molecule is CCC1CCCC1Nc1c(C)cc(Cl)nc1Cl. The number of halogens is 2. The molecule has 1 aliphatic carbocycles. The Morgan fingerprint density at radius 2 is 2.18 bits per heavy atom. The first-order chi connectivity index (χ1) is 8.11. The predicted octanol–water partition coefficient (Wildman–Crippen LogP) is 4.69. The number of rotatable bonds is 3. The van der Waals surface area contributed by atoms with E-state index in [1.54, 1.807) is 0 Å². The highest BCUT2D eigenvalue weighted by Crippen LogP contribution is 2.34. The van der Waals surface area contributed by atoms with Crippen LogP contribution in [0.2, 0.25) is 10.3 Å². The molecule has 0 radical (unpaired) electrons. The van der Waals surface area contributed by atoms with Gasteiger partial charge < -0.3 is 5.32 Å². The Bertz CT molecular complexity index is 383. The summed E-state index contributed by atoms with van der Waals surface area (Å²) in [4.78, 5) is 4.10. The molecule has 2 nitrogen and oxygen atoms in total. The molecule has 17 heavy (non-hydrogen) atoms. The van der Waals surface area contributed by atoms with Crippen LogP contribution in [0.4, 0.5) is 5.69 Å². The molecule has 0 amide bonds. The molecule has 2 rings (SSSR count). The Morgan fingerprint density at radius 1 is 1.41 bits per heavy atom. The predicted molar refractivity (Wildman–Crippen MR) is 74.0 cm³/mol. The molecule has 1 heterocycles. The first kappa shape index (κ1) is 13.0. The Morgan fingerprint density at radius 3 is 2.82 bits per heavy atom. The van der Waals surface area contributed by atoms with Gasteiger partial charge in [-0.25, -0.2) is 4.98 Å². The van der Waals surface area contributed by atoms with Gasteiger partial charge >= 0.3 is 0 Å². The van der Waals surface area contributed by atoms with Gasteiger partial charge in [0.05, 0.1) is 5.69 Å². The van der Waals surface area contributed by atoms with E-state index in [0.717, 1.165) is 17.2 Å². The molecule has 1 fully saturated rings. The first-order valence-electron chi connectivity index (χ1n) is 6.21. The Balaban J connectivity index is 2.18. The molecule has 4 heteroatoms. The van der Waals surface area contributed by atoms with E-state index in [4.69, 9.17) is 23.2 Å². The summed E-state index contributed by atoms with van der Waals surface area (Å²) in [5, 5.41) is 4.49. The van der Waals surface area contributed by atoms with Gasteiger partial charge in [-0.05, 0) is 37.3 Å². The monoisotopic (exact) mass is 272 g/mol. The van der Waals surface area contributed by atoms with Crippen molar-refractivity contribution in [1.29, 1.82) is 0 Å². The molecule has 0 bridgehead atoms. The van der Waals surface area contributed by atoms with E-state index < -0.39 is 0 Å². The third kappa shape index (κ3) is 2.86. The number of nitrogens with one attached hydrogen (secondary N) is 1. The maximum atomic E-state index is 6.15. The second-order valence-electron chi connectivity index (χ2n) is 4.78. The number of hydrogen-bond acceptors (Lipinski definition) is 2. The standard InChI is InChI=1S/C13H18Cl2N2/c1-3-9-5-4-6-10(9)16-12-8(2)7-11(14)17-13(12)15/h7,9-10,16H,3-6H2,1-2H3. The van der Waals surface area contributed by atoms with Gasteiger partial charge in [0.15, 0.2) is 5.15 Å². The van der Waals surface area contributed by atoms with Gasteiger partial charge in [-0.15, -0.1) is 0 Å². The molecular weight excluding hydrogens is 255 g/mol. The zero-order valence-electron chi connectivity index (χ0n) is 10.3. The number of anilines is 1. The number of nitrogens with zero attached hydrogens (tertiary/aromatic N) is 1. The largest absolute Gasteiger partial charge is 0.379 e. The summed E-state index contributed by atoms with van der Waals surface area (Å²) in [6, 6.07) is 2.38. The normalized spacial score (nSPS) is 24.0. The highest BCUT2D eigenvalue weighted by molar-refractivity contribution is 6.34. The topological polar surface area (TPSA) is 24.9 Å². The van der Waals surface area contributed by atoms with E-state index in [-0.39, 0.29) is 0 Å². The molecule has 0 spiro atoms. The van der Waals surface area contributed by atoms with Crippen LogP contribution in [0.5, 0.6) is 0 Å². The number of aromatic nitrogens is 1. The number of hydrogen-bond donors (Lipinski definition) is 1. The fraction of sp³-hybridized carbons (Fsp3) is 0.615. The summed E-state index contributed by atoms with van der Waals surface area (Å²) < 4.78 is 0. The van der Waals surface area contributed by atoms with E-state index in [0.29, 0.717) is 16.3 Å². The van der Waals surface area contributed by atoms with Crippen molar-refractivity contribution in [2.75, 3.05) is 5.32 Å². The summed E-state index contributed by atoms with van der Waals surface area (Å²) in [6.45, 7) is 4.26. The minimum atomic E-state index is 0.455. The van der Waals surface area contributed by atoms with Crippen molar-refractivity contribution >= 4 is 28.9 Å². The minimum absolute atomic E-state index is 0.455. The molecule has 2 unspecified atom stereocenters. The molecule has 1 aromatic rings. The molecule has 94 valence electrons. The van der Waals surface area contributed by atoms with Crippen molar-refractivity contribution in [3.63, 3.8) is 0 Å². The van der Waals surface area contributed by atoms with Gasteiger partial charge in [-0.1, -0.05) is 43.0 Å². The average Bonchev–Trinajstić information content (AvgIpc) is 2.70. The summed E-state index contributed by atoms with van der Waals surface area (Å²) in [7, 11) is 0. The van der Waals surface area contributed by atoms with Crippen LogP contribution in [0.3, 0.4) is 0 Å². The van der Waals surface area contributed by atoms with Gasteiger partial charge in [-0.3, -0.25) is 0 Å². The molecule has 0 aliphatic heterocycles. The van der Waals surface area contributed by atoms with E-state index in [2.05, 4.69) is 17.2 Å². The van der Waals surface area contributed by atoms with Crippen LogP contribution < -0.4 is 5.32 Å². The lowest BCUT2D eigenvalue weighted by Crippen LogP contribution is -2.24. The summed E-state index contributed by atoms with van der Waals surface area (Å²) in [5.74, 6) is 0.751. The lowest BCUT2D eigenvalue weighted by Gasteiger charge is -2.22. The van der Waals surface area contributed by atoms with Crippen LogP contribution >= 0.6 is 23.2 Å². The van der Waals surface area contributed by atoms with Crippen molar-refractivity contribution in [3.05, 3.63) is 21.9 Å². The van der Waals surface area contributed by atoms with Gasteiger partial charge in [0.1, 0.15) is 5.15 Å². The third-order valence-electron chi connectivity index (χ3n) is 3.65. The van der Waals surface area contributed by atoms with Gasteiger partial charge in [0.2, 0.25) is 0 Å². The van der Waals surface area contributed by atoms with Crippen molar-refractivity contribution in [3.8, 4) is 0 Å². The van der Waals surface area contributed by atoms with Crippen LogP contribution in [0.1, 0.15) is 38.2 Å². The fourth-order valence-corrected chi connectivity index (χ4v) is 3.26. The molecule has 1 N–H and O–H groups in total. The van der Waals surface area contributed by atoms with Crippen molar-refractivity contribution in [1.82, 2.24) is 4.98 Å². The Labute approximate surface area is 113 Å². The van der Waals surface area contributed by atoms with Crippen LogP contribution in [0.25, 0.3) is 0 Å². The first-order valence-corrected chi connectivity index (χ1v) is 6.96. The number of pyridine rings is 1. The van der Waals surface area contributed by atoms with Crippen molar-refractivity contribution < 1.29 is 0 Å². The zero-order valence-corrected chi connectivity index (χ0v) is 11.8. The number of aryl methyl sites for hydroxylation is 1. The van der Waals surface area contributed by atoms with Crippen LogP contribution in [0, 0.1) is 12.8 Å². The van der Waals surface area contributed by atoms with Crippen molar-refractivity contribution in [2.45, 2.75) is 45.6 Å². The Hall–Kier alpha value is -0.470. The average molecular weight is 273 g/mol. The van der Waals surface area contributed by atoms with Crippen molar-refractivity contribution in [2.24, 2.45) is 5.92 Å². The molecule has 1 saturated carbocycles. The third-order valence-corrected chi connectivity index (χ3v) is 4.12. The molecule has 2 atom stereocenters. The summed E-state index contributed by atoms with van der Waals surface area (Å²) >= 11 is 12.0.